The molecule has 1 atom stereocenters. The molecule has 1 aliphatic heterocycles. The Labute approximate surface area is 157 Å². The maximum absolute atomic E-state index is 5.32. The fourth-order valence-corrected chi connectivity index (χ4v) is 4.34. The third-order valence-electron chi connectivity index (χ3n) is 4.91. The first-order valence-corrected chi connectivity index (χ1v) is 9.91. The molecule has 3 aromatic heterocycles. The van der Waals surface area contributed by atoms with Crippen LogP contribution in [0.2, 0.25) is 0 Å². The van der Waals surface area contributed by atoms with Crippen LogP contribution < -0.4 is 0 Å². The third-order valence-corrected chi connectivity index (χ3v) is 5.67. The van der Waals surface area contributed by atoms with Gasteiger partial charge in [0.05, 0.1) is 29.5 Å². The fraction of sp³-hybridized carbons (Fsp3) is 0.474. The first-order valence-electron chi connectivity index (χ1n) is 9.03. The van der Waals surface area contributed by atoms with Gasteiger partial charge in [0.1, 0.15) is 10.8 Å². The molecule has 136 valence electrons. The summed E-state index contributed by atoms with van der Waals surface area (Å²) in [5.74, 6) is 1.48. The minimum absolute atomic E-state index is 0.300. The number of thiazole rings is 1. The van der Waals surface area contributed by atoms with E-state index in [2.05, 4.69) is 26.1 Å². The van der Waals surface area contributed by atoms with Gasteiger partial charge in [0, 0.05) is 17.3 Å². The smallest absolute Gasteiger partial charge is 0.165 e. The van der Waals surface area contributed by atoms with Gasteiger partial charge in [-0.3, -0.25) is 4.90 Å². The second-order valence-corrected chi connectivity index (χ2v) is 7.84. The molecule has 0 aromatic carbocycles. The Bertz CT molecular complexity index is 870. The fourth-order valence-electron chi connectivity index (χ4n) is 3.70. The van der Waals surface area contributed by atoms with Crippen LogP contribution in [0.3, 0.4) is 0 Å². The highest BCUT2D eigenvalue weighted by Crippen LogP contribution is 2.33. The lowest BCUT2D eigenvalue weighted by Gasteiger charge is -2.35. The zero-order valence-corrected chi connectivity index (χ0v) is 16.2. The Kier molecular flexibility index (Phi) is 4.82. The summed E-state index contributed by atoms with van der Waals surface area (Å²) >= 11 is 1.72. The molecule has 0 unspecified atom stereocenters. The Morgan fingerprint density at radius 1 is 1.23 bits per heavy atom. The number of piperidine rings is 1. The van der Waals surface area contributed by atoms with Crippen molar-refractivity contribution in [3.8, 4) is 11.4 Å². The number of aromatic nitrogens is 4. The topological polar surface area (TPSA) is 67.9 Å². The predicted molar refractivity (Wildman–Crippen MR) is 101 cm³/mol. The first kappa shape index (κ1) is 17.3. The summed E-state index contributed by atoms with van der Waals surface area (Å²) in [6.07, 6.45) is 5.44. The average Bonchev–Trinajstić information content (AvgIpc) is 3.24. The van der Waals surface area contributed by atoms with E-state index in [-0.39, 0.29) is 0 Å². The van der Waals surface area contributed by atoms with Crippen LogP contribution in [0.15, 0.2) is 22.2 Å². The van der Waals surface area contributed by atoms with Crippen molar-refractivity contribution in [2.75, 3.05) is 6.54 Å². The van der Waals surface area contributed by atoms with Crippen molar-refractivity contribution in [2.24, 2.45) is 0 Å². The van der Waals surface area contributed by atoms with Gasteiger partial charge in [0.2, 0.25) is 0 Å². The van der Waals surface area contributed by atoms with Crippen molar-refractivity contribution < 1.29 is 4.52 Å². The number of nitrogens with zero attached hydrogens (tertiary/aromatic N) is 5. The maximum atomic E-state index is 5.32. The summed E-state index contributed by atoms with van der Waals surface area (Å²) in [7, 11) is 0. The molecule has 0 aliphatic carbocycles. The highest BCUT2D eigenvalue weighted by atomic mass is 32.1. The normalized spacial score (nSPS) is 18.3. The standard InChI is InChI=1S/C19H23N5OS/c1-12-10-15(22-19(21-12)18-13(2)23-25-14(18)3)16-6-4-5-8-24(16)11-17-20-7-9-26-17/h7,9-10,16H,4-6,8,11H2,1-3H3/t16-/m1/s1. The number of rotatable bonds is 4. The molecule has 0 spiro atoms. The van der Waals surface area contributed by atoms with Crippen LogP contribution in [-0.4, -0.2) is 31.6 Å². The molecule has 26 heavy (non-hydrogen) atoms. The summed E-state index contributed by atoms with van der Waals surface area (Å²) in [6, 6.07) is 2.42. The van der Waals surface area contributed by atoms with Crippen LogP contribution in [0.4, 0.5) is 0 Å². The molecular formula is C19H23N5OS. The molecule has 3 aromatic rings. The van der Waals surface area contributed by atoms with Gasteiger partial charge >= 0.3 is 0 Å². The zero-order chi connectivity index (χ0) is 18.1. The molecule has 0 N–H and O–H groups in total. The predicted octanol–water partition coefficient (Wildman–Crippen LogP) is 4.24. The van der Waals surface area contributed by atoms with Crippen molar-refractivity contribution in [3.63, 3.8) is 0 Å². The third kappa shape index (κ3) is 3.41. The Morgan fingerprint density at radius 3 is 2.85 bits per heavy atom. The maximum Gasteiger partial charge on any atom is 0.165 e. The Morgan fingerprint density at radius 2 is 2.12 bits per heavy atom. The number of hydrogen-bond donors (Lipinski definition) is 0. The average molecular weight is 369 g/mol. The van der Waals surface area contributed by atoms with E-state index in [1.807, 2.05) is 32.3 Å². The Balaban J connectivity index is 1.69. The molecule has 1 fully saturated rings. The molecule has 1 aliphatic rings. The van der Waals surface area contributed by atoms with Crippen molar-refractivity contribution in [2.45, 2.75) is 52.6 Å². The number of likely N-dealkylation sites (tertiary alicyclic amines) is 1. The van der Waals surface area contributed by atoms with Crippen molar-refractivity contribution in [1.82, 2.24) is 25.0 Å². The lowest BCUT2D eigenvalue weighted by molar-refractivity contribution is 0.137. The van der Waals surface area contributed by atoms with E-state index in [4.69, 9.17) is 9.51 Å². The van der Waals surface area contributed by atoms with Gasteiger partial charge < -0.3 is 4.52 Å². The van der Waals surface area contributed by atoms with Gasteiger partial charge in [-0.1, -0.05) is 11.6 Å². The van der Waals surface area contributed by atoms with E-state index >= 15 is 0 Å². The molecule has 4 heterocycles. The summed E-state index contributed by atoms with van der Waals surface area (Å²) in [5, 5.41) is 7.26. The quantitative estimate of drug-likeness (QED) is 0.685. The van der Waals surface area contributed by atoms with E-state index in [0.29, 0.717) is 6.04 Å². The van der Waals surface area contributed by atoms with Gasteiger partial charge in [-0.05, 0) is 46.2 Å². The monoisotopic (exact) mass is 369 g/mol. The van der Waals surface area contributed by atoms with Gasteiger partial charge in [-0.15, -0.1) is 11.3 Å². The SMILES string of the molecule is Cc1cc([C@H]2CCCCN2Cc2nccs2)nc(-c2c(C)noc2C)n1. The van der Waals surface area contributed by atoms with Crippen molar-refractivity contribution >= 4 is 11.3 Å². The highest BCUT2D eigenvalue weighted by molar-refractivity contribution is 7.09. The van der Waals surface area contributed by atoms with E-state index in [9.17, 15) is 0 Å². The zero-order valence-electron chi connectivity index (χ0n) is 15.4. The molecule has 6 nitrogen and oxygen atoms in total. The summed E-state index contributed by atoms with van der Waals surface area (Å²) in [4.78, 5) is 16.5. The summed E-state index contributed by atoms with van der Waals surface area (Å²) in [6.45, 7) is 7.84. The van der Waals surface area contributed by atoms with Crippen LogP contribution >= 0.6 is 11.3 Å². The second-order valence-electron chi connectivity index (χ2n) is 6.86. The van der Waals surface area contributed by atoms with Gasteiger partial charge in [0.25, 0.3) is 0 Å². The van der Waals surface area contributed by atoms with Gasteiger partial charge in [-0.25, -0.2) is 15.0 Å². The molecular weight excluding hydrogens is 346 g/mol. The molecule has 0 amide bonds. The number of hydrogen-bond acceptors (Lipinski definition) is 7. The van der Waals surface area contributed by atoms with Crippen molar-refractivity contribution in [3.05, 3.63) is 45.5 Å². The first-order chi connectivity index (χ1) is 12.6. The van der Waals surface area contributed by atoms with Crippen molar-refractivity contribution in [1.29, 1.82) is 0 Å². The highest BCUT2D eigenvalue weighted by Gasteiger charge is 2.27. The van der Waals surface area contributed by atoms with Gasteiger partial charge in [-0.2, -0.15) is 0 Å². The molecule has 1 saturated heterocycles. The lowest BCUT2D eigenvalue weighted by Crippen LogP contribution is -2.33. The van der Waals surface area contributed by atoms with E-state index in [0.717, 1.165) is 58.7 Å². The molecule has 0 bridgehead atoms. The minimum Gasteiger partial charge on any atom is -0.361 e. The molecule has 7 heteroatoms. The van der Waals surface area contributed by atoms with E-state index in [1.165, 1.54) is 12.8 Å². The molecule has 0 saturated carbocycles. The van der Waals surface area contributed by atoms with E-state index < -0.39 is 0 Å². The molecule has 0 radical (unpaired) electrons. The largest absolute Gasteiger partial charge is 0.361 e. The van der Waals surface area contributed by atoms with Gasteiger partial charge in [0.15, 0.2) is 5.82 Å². The molecule has 4 rings (SSSR count). The van der Waals surface area contributed by atoms with Crippen LogP contribution in [0.25, 0.3) is 11.4 Å². The van der Waals surface area contributed by atoms with E-state index in [1.54, 1.807) is 11.3 Å². The number of aryl methyl sites for hydroxylation is 3. The Hall–Kier alpha value is -2.12. The van der Waals surface area contributed by atoms with Crippen LogP contribution in [0.5, 0.6) is 0 Å². The minimum atomic E-state index is 0.300. The van der Waals surface area contributed by atoms with Crippen LogP contribution in [0.1, 0.15) is 53.2 Å². The summed E-state index contributed by atoms with van der Waals surface area (Å²) in [5.41, 5.74) is 3.81. The van der Waals surface area contributed by atoms with Crippen LogP contribution in [0, 0.1) is 20.8 Å². The van der Waals surface area contributed by atoms with Crippen LogP contribution in [-0.2, 0) is 6.54 Å². The second kappa shape index (κ2) is 7.25. The summed E-state index contributed by atoms with van der Waals surface area (Å²) < 4.78 is 5.32. The lowest BCUT2D eigenvalue weighted by atomic mass is 9.98.